The molecule has 0 heterocycles. The molecule has 1 nitrogen and oxygen atoms in total. The zero-order chi connectivity index (χ0) is 11.8. The predicted molar refractivity (Wildman–Crippen MR) is 71.9 cm³/mol. The summed E-state index contributed by atoms with van der Waals surface area (Å²) in [5.74, 6) is 0.517. The molecule has 0 spiro atoms. The smallest absolute Gasteiger partial charge is 0.0296 e. The molecular formula is C15H19N. The molecule has 0 bridgehead atoms. The summed E-state index contributed by atoms with van der Waals surface area (Å²) >= 11 is 0. The van der Waals surface area contributed by atoms with Crippen LogP contribution in [0.5, 0.6) is 0 Å². The molecule has 1 aromatic carbocycles. The van der Waals surface area contributed by atoms with Crippen LogP contribution in [-0.2, 0) is 0 Å². The highest BCUT2D eigenvalue weighted by Crippen LogP contribution is 2.21. The molecule has 0 saturated carbocycles. The maximum Gasteiger partial charge on any atom is 0.0296 e. The van der Waals surface area contributed by atoms with Crippen molar-refractivity contribution in [3.63, 3.8) is 0 Å². The molecule has 1 rings (SSSR count). The largest absolute Gasteiger partial charge is 0.265 e. The Morgan fingerprint density at radius 1 is 1.38 bits per heavy atom. The summed E-state index contributed by atoms with van der Waals surface area (Å²) in [4.78, 5) is 4.06. The number of hydrogen-bond donors (Lipinski definition) is 0. The van der Waals surface area contributed by atoms with Crippen LogP contribution in [0.2, 0.25) is 0 Å². The lowest BCUT2D eigenvalue weighted by atomic mass is 9.94. The van der Waals surface area contributed by atoms with Gasteiger partial charge in [-0.05, 0) is 30.4 Å². The van der Waals surface area contributed by atoms with Crippen molar-refractivity contribution in [2.45, 2.75) is 26.2 Å². The van der Waals surface area contributed by atoms with E-state index >= 15 is 0 Å². The molecule has 16 heavy (non-hydrogen) atoms. The average Bonchev–Trinajstić information content (AvgIpc) is 2.35. The van der Waals surface area contributed by atoms with E-state index in [1.807, 2.05) is 19.2 Å². The molecule has 0 aliphatic heterocycles. The maximum absolute atomic E-state index is 4.06. The van der Waals surface area contributed by atoms with Crippen molar-refractivity contribution in [2.24, 2.45) is 4.99 Å². The molecule has 84 valence electrons. The van der Waals surface area contributed by atoms with Crippen LogP contribution >= 0.6 is 0 Å². The SMILES string of the molecule is C=CN=C/C(=C\C)CC(C)c1ccccc1. The Balaban J connectivity index is 2.66. The molecule has 0 aliphatic rings. The second-order valence-corrected chi connectivity index (χ2v) is 3.84. The van der Waals surface area contributed by atoms with E-state index in [1.165, 1.54) is 11.1 Å². The van der Waals surface area contributed by atoms with E-state index in [9.17, 15) is 0 Å². The molecule has 0 aliphatic carbocycles. The lowest BCUT2D eigenvalue weighted by Gasteiger charge is -2.11. The Bertz CT molecular complexity index is 374. The van der Waals surface area contributed by atoms with E-state index in [-0.39, 0.29) is 0 Å². The van der Waals surface area contributed by atoms with Gasteiger partial charge in [0.2, 0.25) is 0 Å². The molecule has 0 saturated heterocycles. The molecule has 1 aromatic rings. The minimum absolute atomic E-state index is 0.517. The van der Waals surface area contributed by atoms with Crippen molar-refractivity contribution >= 4 is 6.21 Å². The third kappa shape index (κ3) is 3.85. The van der Waals surface area contributed by atoms with Gasteiger partial charge >= 0.3 is 0 Å². The van der Waals surface area contributed by atoms with Gasteiger partial charge in [-0.15, -0.1) is 0 Å². The molecule has 1 heteroatoms. The summed E-state index contributed by atoms with van der Waals surface area (Å²) < 4.78 is 0. The number of rotatable bonds is 5. The molecule has 0 fully saturated rings. The van der Waals surface area contributed by atoms with Gasteiger partial charge in [0.1, 0.15) is 0 Å². The maximum atomic E-state index is 4.06. The van der Waals surface area contributed by atoms with E-state index in [2.05, 4.69) is 48.8 Å². The number of hydrogen-bond acceptors (Lipinski definition) is 1. The first-order valence-electron chi connectivity index (χ1n) is 5.62. The monoisotopic (exact) mass is 213 g/mol. The zero-order valence-electron chi connectivity index (χ0n) is 10.1. The minimum atomic E-state index is 0.517. The van der Waals surface area contributed by atoms with Gasteiger partial charge < -0.3 is 0 Å². The van der Waals surface area contributed by atoms with Crippen LogP contribution in [0.1, 0.15) is 31.7 Å². The topological polar surface area (TPSA) is 12.4 Å². The first-order chi connectivity index (χ1) is 7.77. The summed E-state index contributed by atoms with van der Waals surface area (Å²) in [5.41, 5.74) is 2.62. The van der Waals surface area contributed by atoms with Crippen molar-refractivity contribution in [2.75, 3.05) is 0 Å². The van der Waals surface area contributed by atoms with Crippen molar-refractivity contribution < 1.29 is 0 Å². The van der Waals surface area contributed by atoms with Crippen LogP contribution in [-0.4, -0.2) is 6.21 Å². The summed E-state index contributed by atoms with van der Waals surface area (Å²) in [5, 5.41) is 0. The van der Waals surface area contributed by atoms with Gasteiger partial charge in [-0.25, -0.2) is 0 Å². The van der Waals surface area contributed by atoms with Gasteiger partial charge in [0, 0.05) is 12.4 Å². The molecule has 0 radical (unpaired) electrons. The quantitative estimate of drug-likeness (QED) is 0.645. The van der Waals surface area contributed by atoms with Gasteiger partial charge in [-0.1, -0.05) is 49.9 Å². The number of aliphatic imine (C=N–C) groups is 1. The molecule has 0 aromatic heterocycles. The van der Waals surface area contributed by atoms with Gasteiger partial charge in [0.15, 0.2) is 0 Å². The molecule has 0 N–H and O–H groups in total. The Morgan fingerprint density at radius 3 is 2.62 bits per heavy atom. The summed E-state index contributed by atoms with van der Waals surface area (Å²) in [7, 11) is 0. The van der Waals surface area contributed by atoms with Gasteiger partial charge in [-0.2, -0.15) is 0 Å². The molecular weight excluding hydrogens is 194 g/mol. The summed E-state index contributed by atoms with van der Waals surface area (Å²) in [6.45, 7) is 7.86. The minimum Gasteiger partial charge on any atom is -0.265 e. The van der Waals surface area contributed by atoms with E-state index in [0.29, 0.717) is 5.92 Å². The van der Waals surface area contributed by atoms with E-state index in [1.54, 1.807) is 6.20 Å². The van der Waals surface area contributed by atoms with Crippen molar-refractivity contribution in [3.8, 4) is 0 Å². The van der Waals surface area contributed by atoms with E-state index in [4.69, 9.17) is 0 Å². The third-order valence-electron chi connectivity index (χ3n) is 2.63. The normalized spacial score (nSPS) is 14.0. The molecule has 0 amide bonds. The van der Waals surface area contributed by atoms with E-state index < -0.39 is 0 Å². The highest BCUT2D eigenvalue weighted by atomic mass is 14.7. The summed E-state index contributed by atoms with van der Waals surface area (Å²) in [6.07, 6.45) is 6.56. The van der Waals surface area contributed by atoms with Crippen LogP contribution < -0.4 is 0 Å². The first kappa shape index (κ1) is 12.4. The highest BCUT2D eigenvalue weighted by molar-refractivity contribution is 5.79. The molecule has 1 atom stereocenters. The Hall–Kier alpha value is -1.63. The number of nitrogens with zero attached hydrogens (tertiary/aromatic N) is 1. The van der Waals surface area contributed by atoms with Crippen LogP contribution in [0.4, 0.5) is 0 Å². The standard InChI is InChI=1S/C15H19N/c1-4-14(12-16-5-2)11-13(3)15-9-7-6-8-10-15/h4-10,12-13H,2,11H2,1,3H3/b14-4-,16-12?. The zero-order valence-corrected chi connectivity index (χ0v) is 10.1. The Morgan fingerprint density at radius 2 is 2.06 bits per heavy atom. The predicted octanol–water partition coefficient (Wildman–Crippen LogP) is 4.34. The lowest BCUT2D eigenvalue weighted by molar-refractivity contribution is 0.768. The van der Waals surface area contributed by atoms with Gasteiger partial charge in [-0.3, -0.25) is 4.99 Å². The fraction of sp³-hybridized carbons (Fsp3) is 0.267. The number of benzene rings is 1. The van der Waals surface area contributed by atoms with Crippen LogP contribution in [0.15, 0.2) is 59.8 Å². The average molecular weight is 213 g/mol. The highest BCUT2D eigenvalue weighted by Gasteiger charge is 2.05. The Kier molecular flexibility index (Phi) is 5.27. The lowest BCUT2D eigenvalue weighted by Crippen LogP contribution is -1.96. The summed E-state index contributed by atoms with van der Waals surface area (Å²) in [6, 6.07) is 10.6. The fourth-order valence-corrected chi connectivity index (χ4v) is 1.65. The fourth-order valence-electron chi connectivity index (χ4n) is 1.65. The second kappa shape index (κ2) is 6.78. The van der Waals surface area contributed by atoms with Crippen molar-refractivity contribution in [1.82, 2.24) is 0 Å². The van der Waals surface area contributed by atoms with Crippen LogP contribution in [0.25, 0.3) is 0 Å². The van der Waals surface area contributed by atoms with E-state index in [0.717, 1.165) is 6.42 Å². The number of allylic oxidation sites excluding steroid dienone is 2. The molecule has 1 unspecified atom stereocenters. The van der Waals surface area contributed by atoms with Gasteiger partial charge in [0.05, 0.1) is 0 Å². The second-order valence-electron chi connectivity index (χ2n) is 3.84. The van der Waals surface area contributed by atoms with Crippen LogP contribution in [0.3, 0.4) is 0 Å². The Labute approximate surface area is 98.2 Å². The van der Waals surface area contributed by atoms with Crippen molar-refractivity contribution in [1.29, 1.82) is 0 Å². The first-order valence-corrected chi connectivity index (χ1v) is 5.62. The third-order valence-corrected chi connectivity index (χ3v) is 2.63. The van der Waals surface area contributed by atoms with Crippen LogP contribution in [0, 0.1) is 0 Å². The van der Waals surface area contributed by atoms with Crippen molar-refractivity contribution in [3.05, 3.63) is 60.3 Å². The van der Waals surface area contributed by atoms with Gasteiger partial charge in [0.25, 0.3) is 0 Å².